The maximum Gasteiger partial charge on any atom is 0.238 e. The number of anilines is 1. The minimum absolute atomic E-state index is 0.0489. The number of amides is 1. The minimum atomic E-state index is -0.0489. The third-order valence-corrected chi connectivity index (χ3v) is 3.15. The lowest BCUT2D eigenvalue weighted by molar-refractivity contribution is -0.117. The lowest BCUT2D eigenvalue weighted by Crippen LogP contribution is -2.33. The van der Waals surface area contributed by atoms with Gasteiger partial charge in [-0.25, -0.2) is 0 Å². The van der Waals surface area contributed by atoms with Crippen LogP contribution in [0.2, 0.25) is 5.02 Å². The Hall–Kier alpha value is -1.10. The van der Waals surface area contributed by atoms with E-state index in [1.165, 1.54) is 0 Å². The molecule has 0 aliphatic carbocycles. The van der Waals surface area contributed by atoms with Gasteiger partial charge in [0.15, 0.2) is 0 Å². The fraction of sp³-hybridized carbons (Fsp3) is 0.417. The summed E-state index contributed by atoms with van der Waals surface area (Å²) in [5.74, 6) is -0.0489. The molecule has 92 valence electrons. The Bertz CT molecular complexity index is 410. The van der Waals surface area contributed by atoms with Gasteiger partial charge in [0.2, 0.25) is 5.91 Å². The second-order valence-corrected chi connectivity index (χ2v) is 4.72. The van der Waals surface area contributed by atoms with Gasteiger partial charge in [-0.1, -0.05) is 23.7 Å². The highest BCUT2D eigenvalue weighted by atomic mass is 35.5. The van der Waals surface area contributed by atoms with Crippen LogP contribution in [0.3, 0.4) is 0 Å². The SMILES string of the molecule is N[C@H]1CCN(CC(=O)Nc2ccccc2Cl)C1. The van der Waals surface area contributed by atoms with Gasteiger partial charge in [-0.3, -0.25) is 9.69 Å². The van der Waals surface area contributed by atoms with Gasteiger partial charge < -0.3 is 11.1 Å². The zero-order valence-corrected chi connectivity index (χ0v) is 10.3. The van der Waals surface area contributed by atoms with Crippen molar-refractivity contribution in [2.24, 2.45) is 5.73 Å². The summed E-state index contributed by atoms with van der Waals surface area (Å²) in [4.78, 5) is 13.8. The first-order valence-corrected chi connectivity index (χ1v) is 6.05. The Morgan fingerprint density at radius 2 is 2.29 bits per heavy atom. The standard InChI is InChI=1S/C12H16ClN3O/c13-10-3-1-2-4-11(10)15-12(17)8-16-6-5-9(14)7-16/h1-4,9H,5-8,14H2,(H,15,17)/t9-/m0/s1. The number of nitrogens with two attached hydrogens (primary N) is 1. The number of hydrogen-bond donors (Lipinski definition) is 2. The van der Waals surface area contributed by atoms with Crippen LogP contribution in [-0.4, -0.2) is 36.5 Å². The highest BCUT2D eigenvalue weighted by Gasteiger charge is 2.21. The molecule has 1 fully saturated rings. The molecule has 0 unspecified atom stereocenters. The largest absolute Gasteiger partial charge is 0.326 e. The molecule has 0 spiro atoms. The molecule has 0 bridgehead atoms. The van der Waals surface area contributed by atoms with E-state index in [2.05, 4.69) is 10.2 Å². The summed E-state index contributed by atoms with van der Waals surface area (Å²) < 4.78 is 0. The molecule has 2 rings (SSSR count). The van der Waals surface area contributed by atoms with E-state index in [1.807, 2.05) is 12.1 Å². The number of nitrogens with zero attached hydrogens (tertiary/aromatic N) is 1. The van der Waals surface area contributed by atoms with Crippen molar-refractivity contribution in [1.82, 2.24) is 4.90 Å². The molecule has 4 nitrogen and oxygen atoms in total. The van der Waals surface area contributed by atoms with Crippen molar-refractivity contribution in [3.05, 3.63) is 29.3 Å². The van der Waals surface area contributed by atoms with Crippen molar-refractivity contribution in [1.29, 1.82) is 0 Å². The molecule has 1 aromatic carbocycles. The molecule has 1 saturated heterocycles. The fourth-order valence-corrected chi connectivity index (χ4v) is 2.14. The van der Waals surface area contributed by atoms with Crippen LogP contribution in [-0.2, 0) is 4.79 Å². The van der Waals surface area contributed by atoms with Gasteiger partial charge in [0, 0.05) is 19.1 Å². The summed E-state index contributed by atoms with van der Waals surface area (Å²) in [6.45, 7) is 2.05. The number of hydrogen-bond acceptors (Lipinski definition) is 3. The van der Waals surface area contributed by atoms with E-state index in [0.717, 1.165) is 19.5 Å². The summed E-state index contributed by atoms with van der Waals surface area (Å²) in [5, 5.41) is 3.35. The predicted molar refractivity (Wildman–Crippen MR) is 69.1 cm³/mol. The second kappa shape index (κ2) is 5.49. The van der Waals surface area contributed by atoms with Gasteiger partial charge in [0.25, 0.3) is 0 Å². The molecule has 1 aromatic rings. The Morgan fingerprint density at radius 1 is 1.53 bits per heavy atom. The highest BCUT2D eigenvalue weighted by molar-refractivity contribution is 6.33. The van der Waals surface area contributed by atoms with Crippen molar-refractivity contribution < 1.29 is 4.79 Å². The van der Waals surface area contributed by atoms with Gasteiger partial charge in [0.1, 0.15) is 0 Å². The molecule has 0 aromatic heterocycles. The van der Waals surface area contributed by atoms with Gasteiger partial charge in [-0.15, -0.1) is 0 Å². The quantitative estimate of drug-likeness (QED) is 0.854. The van der Waals surface area contributed by atoms with E-state index in [0.29, 0.717) is 17.3 Å². The molecule has 0 saturated carbocycles. The monoisotopic (exact) mass is 253 g/mol. The van der Waals surface area contributed by atoms with Gasteiger partial charge in [-0.05, 0) is 18.6 Å². The average molecular weight is 254 g/mol. The molecule has 5 heteroatoms. The number of halogens is 1. The molecule has 1 atom stereocenters. The number of nitrogens with one attached hydrogen (secondary N) is 1. The number of likely N-dealkylation sites (tertiary alicyclic amines) is 1. The highest BCUT2D eigenvalue weighted by Crippen LogP contribution is 2.20. The second-order valence-electron chi connectivity index (χ2n) is 4.31. The lowest BCUT2D eigenvalue weighted by Gasteiger charge is -2.15. The summed E-state index contributed by atoms with van der Waals surface area (Å²) in [5.41, 5.74) is 6.44. The summed E-state index contributed by atoms with van der Waals surface area (Å²) in [6.07, 6.45) is 0.958. The predicted octanol–water partition coefficient (Wildman–Crippen LogP) is 1.31. The summed E-state index contributed by atoms with van der Waals surface area (Å²) >= 11 is 5.96. The minimum Gasteiger partial charge on any atom is -0.326 e. The molecule has 1 aliphatic rings. The van der Waals surface area contributed by atoms with Crippen LogP contribution in [0.15, 0.2) is 24.3 Å². The Labute approximate surface area is 106 Å². The third-order valence-electron chi connectivity index (χ3n) is 2.82. The number of para-hydroxylation sites is 1. The van der Waals surface area contributed by atoms with E-state index in [4.69, 9.17) is 17.3 Å². The summed E-state index contributed by atoms with van der Waals surface area (Å²) in [7, 11) is 0. The molecule has 3 N–H and O–H groups in total. The summed E-state index contributed by atoms with van der Waals surface area (Å²) in [6, 6.07) is 7.41. The topological polar surface area (TPSA) is 58.4 Å². The normalized spacial score (nSPS) is 20.5. The Balaban J connectivity index is 1.87. The first kappa shape index (κ1) is 12.4. The van der Waals surface area contributed by atoms with Crippen molar-refractivity contribution in [2.45, 2.75) is 12.5 Å². The number of carbonyl (C=O) groups is 1. The van der Waals surface area contributed by atoms with Gasteiger partial charge in [-0.2, -0.15) is 0 Å². The van der Waals surface area contributed by atoms with E-state index < -0.39 is 0 Å². The molecule has 1 amide bonds. The Kier molecular flexibility index (Phi) is 3.99. The van der Waals surface area contributed by atoms with Gasteiger partial charge in [0.05, 0.1) is 17.3 Å². The van der Waals surface area contributed by atoms with Crippen LogP contribution in [0.5, 0.6) is 0 Å². The van der Waals surface area contributed by atoms with Gasteiger partial charge >= 0.3 is 0 Å². The zero-order valence-electron chi connectivity index (χ0n) is 9.53. The van der Waals surface area contributed by atoms with E-state index >= 15 is 0 Å². The lowest BCUT2D eigenvalue weighted by atomic mass is 10.3. The molecule has 1 heterocycles. The smallest absolute Gasteiger partial charge is 0.238 e. The molecule has 17 heavy (non-hydrogen) atoms. The van der Waals surface area contributed by atoms with Crippen molar-refractivity contribution in [2.75, 3.05) is 25.0 Å². The average Bonchev–Trinajstić information content (AvgIpc) is 2.67. The van der Waals surface area contributed by atoms with Crippen LogP contribution in [0.4, 0.5) is 5.69 Å². The third kappa shape index (κ3) is 3.43. The molecule has 0 radical (unpaired) electrons. The Morgan fingerprint density at radius 3 is 2.94 bits per heavy atom. The maximum atomic E-state index is 11.8. The van der Waals surface area contributed by atoms with Crippen molar-refractivity contribution in [3.63, 3.8) is 0 Å². The van der Waals surface area contributed by atoms with Crippen LogP contribution in [0.25, 0.3) is 0 Å². The first-order chi connectivity index (χ1) is 8.15. The van der Waals surface area contributed by atoms with Crippen molar-refractivity contribution in [3.8, 4) is 0 Å². The van der Waals surface area contributed by atoms with Crippen LogP contribution < -0.4 is 11.1 Å². The molecular formula is C12H16ClN3O. The van der Waals surface area contributed by atoms with Crippen LogP contribution >= 0.6 is 11.6 Å². The van der Waals surface area contributed by atoms with E-state index in [-0.39, 0.29) is 11.9 Å². The van der Waals surface area contributed by atoms with E-state index in [9.17, 15) is 4.79 Å². The molecular weight excluding hydrogens is 238 g/mol. The van der Waals surface area contributed by atoms with E-state index in [1.54, 1.807) is 12.1 Å². The van der Waals surface area contributed by atoms with Crippen LogP contribution in [0, 0.1) is 0 Å². The fourth-order valence-electron chi connectivity index (χ4n) is 1.96. The first-order valence-electron chi connectivity index (χ1n) is 5.67. The zero-order chi connectivity index (χ0) is 12.3. The number of benzene rings is 1. The maximum absolute atomic E-state index is 11.8. The number of rotatable bonds is 3. The molecule has 1 aliphatic heterocycles. The van der Waals surface area contributed by atoms with Crippen molar-refractivity contribution >= 4 is 23.2 Å². The van der Waals surface area contributed by atoms with Crippen LogP contribution in [0.1, 0.15) is 6.42 Å². The number of carbonyl (C=O) groups excluding carboxylic acids is 1.